The van der Waals surface area contributed by atoms with Crippen LogP contribution < -0.4 is 5.32 Å². The van der Waals surface area contributed by atoms with Gasteiger partial charge in [-0.2, -0.15) is 0 Å². The molecule has 0 bridgehead atoms. The number of halogens is 1. The molecule has 5 nitrogen and oxygen atoms in total. The number of rotatable bonds is 3. The van der Waals surface area contributed by atoms with E-state index in [4.69, 9.17) is 0 Å². The van der Waals surface area contributed by atoms with E-state index in [-0.39, 0.29) is 30.2 Å². The molecule has 1 atom stereocenters. The highest BCUT2D eigenvalue weighted by atomic mass is 79.9. The third-order valence-corrected chi connectivity index (χ3v) is 4.77. The first-order valence-corrected chi connectivity index (χ1v) is 7.64. The van der Waals surface area contributed by atoms with E-state index in [1.807, 2.05) is 0 Å². The van der Waals surface area contributed by atoms with Gasteiger partial charge in [0.15, 0.2) is 0 Å². The van der Waals surface area contributed by atoms with Crippen molar-refractivity contribution in [3.8, 4) is 0 Å². The summed E-state index contributed by atoms with van der Waals surface area (Å²) in [6, 6.07) is 1.19. The standard InChI is InChI=1S/C12H11BrN2O3S/c13-9-3-6(5-19-9)12(18)15(7-1-2-7)8-4-10(16)14-11(8)17/h3,5,7-8H,1-2,4H2,(H,14,16,17). The molecule has 1 aromatic heterocycles. The zero-order valence-corrected chi connectivity index (χ0v) is 12.3. The van der Waals surface area contributed by atoms with Gasteiger partial charge in [-0.3, -0.25) is 19.7 Å². The molecule has 0 radical (unpaired) electrons. The minimum Gasteiger partial charge on any atom is -0.323 e. The van der Waals surface area contributed by atoms with Gasteiger partial charge in [-0.05, 0) is 34.8 Å². The summed E-state index contributed by atoms with van der Waals surface area (Å²) in [7, 11) is 0. The number of nitrogens with zero attached hydrogens (tertiary/aromatic N) is 1. The Morgan fingerprint density at radius 3 is 2.63 bits per heavy atom. The van der Waals surface area contributed by atoms with Gasteiger partial charge in [0.25, 0.3) is 5.91 Å². The van der Waals surface area contributed by atoms with Gasteiger partial charge in [0.05, 0.1) is 15.8 Å². The van der Waals surface area contributed by atoms with Gasteiger partial charge in [-0.25, -0.2) is 0 Å². The van der Waals surface area contributed by atoms with E-state index in [0.717, 1.165) is 16.6 Å². The number of nitrogens with one attached hydrogen (secondary N) is 1. The number of hydrogen-bond acceptors (Lipinski definition) is 4. The Morgan fingerprint density at radius 1 is 1.42 bits per heavy atom. The van der Waals surface area contributed by atoms with Gasteiger partial charge in [0.2, 0.25) is 11.8 Å². The first-order valence-electron chi connectivity index (χ1n) is 5.96. The van der Waals surface area contributed by atoms with Crippen LogP contribution in [0.15, 0.2) is 15.2 Å². The summed E-state index contributed by atoms with van der Waals surface area (Å²) in [6.07, 6.45) is 1.87. The summed E-state index contributed by atoms with van der Waals surface area (Å²) in [5, 5.41) is 4.02. The van der Waals surface area contributed by atoms with E-state index in [2.05, 4.69) is 21.2 Å². The van der Waals surface area contributed by atoms with E-state index < -0.39 is 6.04 Å². The maximum atomic E-state index is 12.5. The number of hydrogen-bond donors (Lipinski definition) is 1. The molecule has 100 valence electrons. The largest absolute Gasteiger partial charge is 0.323 e. The van der Waals surface area contributed by atoms with Crippen LogP contribution >= 0.6 is 27.3 Å². The molecule has 2 aliphatic rings. The first-order chi connectivity index (χ1) is 9.06. The highest BCUT2D eigenvalue weighted by Gasteiger charge is 2.44. The normalized spacial score (nSPS) is 22.5. The van der Waals surface area contributed by atoms with Crippen molar-refractivity contribution in [3.05, 3.63) is 20.8 Å². The number of amides is 3. The minimum absolute atomic E-state index is 0.0758. The van der Waals surface area contributed by atoms with Gasteiger partial charge in [0.1, 0.15) is 6.04 Å². The molecule has 1 aliphatic carbocycles. The Hall–Kier alpha value is -1.21. The summed E-state index contributed by atoms with van der Waals surface area (Å²) in [5.74, 6) is -0.834. The maximum absolute atomic E-state index is 12.5. The van der Waals surface area contributed by atoms with E-state index in [0.29, 0.717) is 5.56 Å². The Balaban J connectivity index is 1.87. The molecule has 1 unspecified atom stereocenters. The quantitative estimate of drug-likeness (QED) is 0.847. The highest BCUT2D eigenvalue weighted by molar-refractivity contribution is 9.11. The van der Waals surface area contributed by atoms with E-state index >= 15 is 0 Å². The van der Waals surface area contributed by atoms with E-state index in [1.165, 1.54) is 11.3 Å². The molecule has 7 heteroatoms. The lowest BCUT2D eigenvalue weighted by molar-refractivity contribution is -0.126. The zero-order valence-electron chi connectivity index (χ0n) is 9.89. The van der Waals surface area contributed by atoms with E-state index in [9.17, 15) is 14.4 Å². The molecule has 1 aromatic rings. The zero-order chi connectivity index (χ0) is 13.6. The first kappa shape index (κ1) is 12.8. The predicted octanol–water partition coefficient (Wildman–Crippen LogP) is 1.53. The van der Waals surface area contributed by atoms with Crippen molar-refractivity contribution in [2.24, 2.45) is 0 Å². The Morgan fingerprint density at radius 2 is 2.16 bits per heavy atom. The molecule has 1 saturated heterocycles. The second kappa shape index (κ2) is 4.72. The molecule has 1 saturated carbocycles. The molecule has 2 heterocycles. The highest BCUT2D eigenvalue weighted by Crippen LogP contribution is 2.33. The van der Waals surface area contributed by atoms with Crippen LogP contribution in [0.4, 0.5) is 0 Å². The van der Waals surface area contributed by atoms with Gasteiger partial charge in [-0.15, -0.1) is 11.3 Å². The van der Waals surface area contributed by atoms with Crippen LogP contribution in [0.25, 0.3) is 0 Å². The second-order valence-electron chi connectivity index (χ2n) is 4.72. The topological polar surface area (TPSA) is 66.5 Å². The maximum Gasteiger partial charge on any atom is 0.255 e. The van der Waals surface area contributed by atoms with Gasteiger partial charge in [-0.1, -0.05) is 0 Å². The minimum atomic E-state index is -0.647. The summed E-state index contributed by atoms with van der Waals surface area (Å²) >= 11 is 4.75. The molecule has 19 heavy (non-hydrogen) atoms. The number of carbonyl (C=O) groups excluding carboxylic acids is 3. The molecule has 1 N–H and O–H groups in total. The van der Waals surface area contributed by atoms with Crippen LogP contribution in [0.3, 0.4) is 0 Å². The molecule has 0 aromatic carbocycles. The summed E-state index contributed by atoms with van der Waals surface area (Å²) in [6.45, 7) is 0. The lowest BCUT2D eigenvalue weighted by Gasteiger charge is -2.26. The van der Waals surface area contributed by atoms with Gasteiger partial charge >= 0.3 is 0 Å². The fourth-order valence-corrected chi connectivity index (χ4v) is 3.38. The van der Waals surface area contributed by atoms with Crippen LogP contribution in [0.2, 0.25) is 0 Å². The average molecular weight is 343 g/mol. The summed E-state index contributed by atoms with van der Waals surface area (Å²) in [4.78, 5) is 37.1. The van der Waals surface area contributed by atoms with Crippen LogP contribution in [0.5, 0.6) is 0 Å². The fraction of sp³-hybridized carbons (Fsp3) is 0.417. The van der Waals surface area contributed by atoms with Crippen LogP contribution in [0, 0.1) is 0 Å². The number of carbonyl (C=O) groups is 3. The summed E-state index contributed by atoms with van der Waals surface area (Å²) in [5.41, 5.74) is 0.566. The smallest absolute Gasteiger partial charge is 0.255 e. The molecular formula is C12H11BrN2O3S. The molecule has 0 spiro atoms. The Kier molecular flexibility index (Phi) is 3.18. The average Bonchev–Trinajstić information content (AvgIpc) is 3.00. The van der Waals surface area contributed by atoms with Crippen molar-refractivity contribution in [1.29, 1.82) is 0 Å². The monoisotopic (exact) mass is 342 g/mol. The van der Waals surface area contributed by atoms with Crippen molar-refractivity contribution in [2.45, 2.75) is 31.3 Å². The van der Waals surface area contributed by atoms with Crippen molar-refractivity contribution >= 4 is 45.0 Å². The van der Waals surface area contributed by atoms with Crippen LogP contribution in [-0.2, 0) is 9.59 Å². The van der Waals surface area contributed by atoms with Crippen molar-refractivity contribution in [1.82, 2.24) is 10.2 Å². The lowest BCUT2D eigenvalue weighted by atomic mass is 10.1. The Labute approximate surface area is 122 Å². The second-order valence-corrected chi connectivity index (χ2v) is 7.01. The van der Waals surface area contributed by atoms with Crippen LogP contribution in [-0.4, -0.2) is 34.7 Å². The molecule has 3 rings (SSSR count). The van der Waals surface area contributed by atoms with Crippen molar-refractivity contribution in [3.63, 3.8) is 0 Å². The summed E-state index contributed by atoms with van der Waals surface area (Å²) < 4.78 is 0.874. The van der Waals surface area contributed by atoms with Crippen molar-refractivity contribution < 1.29 is 14.4 Å². The third-order valence-electron chi connectivity index (χ3n) is 3.27. The fourth-order valence-electron chi connectivity index (χ4n) is 2.25. The molecular weight excluding hydrogens is 332 g/mol. The molecule has 2 fully saturated rings. The SMILES string of the molecule is O=C1CC(N(C(=O)c2csc(Br)c2)C2CC2)C(=O)N1. The molecule has 3 amide bonds. The number of imide groups is 1. The lowest BCUT2D eigenvalue weighted by Crippen LogP contribution is -2.45. The van der Waals surface area contributed by atoms with Gasteiger partial charge in [0, 0.05) is 11.4 Å². The van der Waals surface area contributed by atoms with Gasteiger partial charge < -0.3 is 4.90 Å². The Bertz CT molecular complexity index is 567. The molecule has 1 aliphatic heterocycles. The van der Waals surface area contributed by atoms with E-state index in [1.54, 1.807) is 16.3 Å². The predicted molar refractivity (Wildman–Crippen MR) is 72.8 cm³/mol. The van der Waals surface area contributed by atoms with Crippen molar-refractivity contribution in [2.75, 3.05) is 0 Å². The number of thiophene rings is 1. The third kappa shape index (κ3) is 2.44. The van der Waals surface area contributed by atoms with Crippen LogP contribution in [0.1, 0.15) is 29.6 Å².